The molecule has 8 heteroatoms. The molecule has 0 fully saturated rings. The molecule has 0 amide bonds. The van der Waals surface area contributed by atoms with E-state index in [0.717, 1.165) is 0 Å². The van der Waals surface area contributed by atoms with Gasteiger partial charge in [-0.2, -0.15) is 8.42 Å². The Morgan fingerprint density at radius 1 is 1.47 bits per heavy atom. The number of carboxylic acids is 1. The minimum atomic E-state index is -4.78. The molecule has 0 aliphatic heterocycles. The van der Waals surface area contributed by atoms with Gasteiger partial charge in [-0.25, -0.2) is 0 Å². The molecule has 0 saturated heterocycles. The fourth-order valence-electron chi connectivity index (χ4n) is 0.703. The third kappa shape index (κ3) is 5.13. The molecule has 7 nitrogen and oxygen atoms in total. The lowest BCUT2D eigenvalue weighted by atomic mass is 10.3. The van der Waals surface area contributed by atoms with Gasteiger partial charge in [0.05, 0.1) is 6.42 Å². The average molecular weight is 238 g/mol. The maximum atomic E-state index is 11.0. The lowest BCUT2D eigenvalue weighted by molar-refractivity contribution is -0.146. The highest BCUT2D eigenvalue weighted by Gasteiger charge is 2.34. The number of carbonyl (C=O) groups is 2. The molecule has 0 spiro atoms. The Morgan fingerprint density at radius 3 is 2.33 bits per heavy atom. The molecule has 15 heavy (non-hydrogen) atoms. The smallest absolute Gasteiger partial charge is 0.327 e. The quantitative estimate of drug-likeness (QED) is 0.362. The van der Waals surface area contributed by atoms with Crippen LogP contribution in [-0.2, 0) is 24.4 Å². The van der Waals surface area contributed by atoms with Gasteiger partial charge in [0.1, 0.15) is 6.61 Å². The molecular weight excluding hydrogens is 228 g/mol. The molecule has 0 heterocycles. The van der Waals surface area contributed by atoms with Gasteiger partial charge in [0, 0.05) is 0 Å². The van der Waals surface area contributed by atoms with Crippen molar-refractivity contribution in [2.75, 3.05) is 6.61 Å². The lowest BCUT2D eigenvalue weighted by Crippen LogP contribution is -2.33. The van der Waals surface area contributed by atoms with Crippen LogP contribution in [0.2, 0.25) is 0 Å². The van der Waals surface area contributed by atoms with E-state index in [2.05, 4.69) is 11.3 Å². The highest BCUT2D eigenvalue weighted by molar-refractivity contribution is 7.87. The SMILES string of the molecule is C=CCOC(=O)[C@H](CC(=O)O)S(=O)(=O)O. The van der Waals surface area contributed by atoms with Crippen LogP contribution in [0.3, 0.4) is 0 Å². The molecule has 0 aliphatic carbocycles. The van der Waals surface area contributed by atoms with E-state index in [1.54, 1.807) is 0 Å². The number of carbonyl (C=O) groups excluding carboxylic acids is 1. The minimum Gasteiger partial charge on any atom is -0.481 e. The van der Waals surface area contributed by atoms with Crippen molar-refractivity contribution in [1.82, 2.24) is 0 Å². The van der Waals surface area contributed by atoms with Gasteiger partial charge >= 0.3 is 11.9 Å². The lowest BCUT2D eigenvalue weighted by Gasteiger charge is -2.09. The van der Waals surface area contributed by atoms with Crippen LogP contribution in [0.25, 0.3) is 0 Å². The van der Waals surface area contributed by atoms with E-state index in [9.17, 15) is 18.0 Å². The summed E-state index contributed by atoms with van der Waals surface area (Å²) in [7, 11) is -4.78. The van der Waals surface area contributed by atoms with Crippen LogP contribution in [0.4, 0.5) is 0 Å². The zero-order valence-corrected chi connectivity index (χ0v) is 8.44. The Bertz CT molecular complexity index is 356. The van der Waals surface area contributed by atoms with Crippen molar-refractivity contribution < 1.29 is 32.4 Å². The van der Waals surface area contributed by atoms with Crippen molar-refractivity contribution in [2.24, 2.45) is 0 Å². The summed E-state index contributed by atoms with van der Waals surface area (Å²) in [5, 5.41) is 6.22. The third-order valence-electron chi connectivity index (χ3n) is 1.33. The largest absolute Gasteiger partial charge is 0.481 e. The van der Waals surface area contributed by atoms with E-state index >= 15 is 0 Å². The first-order valence-electron chi connectivity index (χ1n) is 3.74. The van der Waals surface area contributed by atoms with Gasteiger partial charge < -0.3 is 9.84 Å². The van der Waals surface area contributed by atoms with Crippen LogP contribution in [0, 0.1) is 0 Å². The highest BCUT2D eigenvalue weighted by atomic mass is 32.2. The molecule has 0 aliphatic rings. The van der Waals surface area contributed by atoms with Crippen LogP contribution in [0.1, 0.15) is 6.42 Å². The zero-order valence-electron chi connectivity index (χ0n) is 7.62. The van der Waals surface area contributed by atoms with E-state index in [0.29, 0.717) is 0 Å². The summed E-state index contributed by atoms with van der Waals surface area (Å²) in [5.41, 5.74) is 0. The summed E-state index contributed by atoms with van der Waals surface area (Å²) in [5.74, 6) is -2.85. The number of aliphatic carboxylic acids is 1. The van der Waals surface area contributed by atoms with E-state index in [1.165, 1.54) is 6.08 Å². The maximum absolute atomic E-state index is 11.0. The fraction of sp³-hybridized carbons (Fsp3) is 0.429. The Kier molecular flexibility index (Phi) is 4.95. The predicted molar refractivity (Wildman–Crippen MR) is 48.7 cm³/mol. The van der Waals surface area contributed by atoms with Crippen LogP contribution >= 0.6 is 0 Å². The molecule has 2 N–H and O–H groups in total. The highest BCUT2D eigenvalue weighted by Crippen LogP contribution is 2.07. The number of esters is 1. The number of hydrogen-bond acceptors (Lipinski definition) is 5. The molecule has 1 atom stereocenters. The first-order chi connectivity index (χ1) is 6.79. The van der Waals surface area contributed by atoms with Gasteiger partial charge in [-0.05, 0) is 0 Å². The van der Waals surface area contributed by atoms with E-state index in [4.69, 9.17) is 9.66 Å². The number of carboxylic acid groups (broad SMARTS) is 1. The standard InChI is InChI=1S/C7H10O7S/c1-2-3-14-7(10)5(4-6(8)9)15(11,12)13/h2,5H,1,3-4H2,(H,8,9)(H,11,12,13)/t5-/m0/s1. The molecule has 0 aromatic carbocycles. The van der Waals surface area contributed by atoms with E-state index < -0.39 is 33.7 Å². The molecule has 0 aromatic rings. The molecule has 0 unspecified atom stereocenters. The third-order valence-corrected chi connectivity index (χ3v) is 2.40. The summed E-state index contributed by atoms with van der Waals surface area (Å²) in [4.78, 5) is 21.2. The molecule has 86 valence electrons. The van der Waals surface area contributed by atoms with Gasteiger partial charge in [0.15, 0.2) is 5.25 Å². The van der Waals surface area contributed by atoms with Crippen LogP contribution < -0.4 is 0 Å². The monoisotopic (exact) mass is 238 g/mol. The second-order valence-corrected chi connectivity index (χ2v) is 4.12. The Hall–Kier alpha value is -1.41. The second-order valence-electron chi connectivity index (χ2n) is 2.52. The van der Waals surface area contributed by atoms with Crippen molar-refractivity contribution in [3.05, 3.63) is 12.7 Å². The Morgan fingerprint density at radius 2 is 2.00 bits per heavy atom. The molecule has 0 radical (unpaired) electrons. The number of hydrogen-bond donors (Lipinski definition) is 2. The van der Waals surface area contributed by atoms with E-state index in [1.807, 2.05) is 0 Å². The molecule has 0 bridgehead atoms. The van der Waals surface area contributed by atoms with Gasteiger partial charge in [-0.1, -0.05) is 12.7 Å². The summed E-state index contributed by atoms with van der Waals surface area (Å²) in [6.45, 7) is 2.95. The summed E-state index contributed by atoms with van der Waals surface area (Å²) in [6.07, 6.45) is 0.133. The van der Waals surface area contributed by atoms with E-state index in [-0.39, 0.29) is 6.61 Å². The molecule has 0 aromatic heterocycles. The summed E-state index contributed by atoms with van der Waals surface area (Å²) in [6, 6.07) is 0. The van der Waals surface area contributed by atoms with Crippen molar-refractivity contribution in [3.63, 3.8) is 0 Å². The minimum absolute atomic E-state index is 0.259. The number of ether oxygens (including phenoxy) is 1. The topological polar surface area (TPSA) is 118 Å². The van der Waals surface area contributed by atoms with Crippen LogP contribution in [0.15, 0.2) is 12.7 Å². The van der Waals surface area contributed by atoms with Gasteiger partial charge in [0.25, 0.3) is 10.1 Å². The van der Waals surface area contributed by atoms with Crippen molar-refractivity contribution in [3.8, 4) is 0 Å². The van der Waals surface area contributed by atoms with Crippen molar-refractivity contribution in [2.45, 2.75) is 11.7 Å². The van der Waals surface area contributed by atoms with Gasteiger partial charge in [-0.3, -0.25) is 14.1 Å². The maximum Gasteiger partial charge on any atom is 0.327 e. The predicted octanol–water partition coefficient (Wildman–Crippen LogP) is -0.553. The summed E-state index contributed by atoms with van der Waals surface area (Å²) < 4.78 is 34.2. The number of rotatable bonds is 6. The van der Waals surface area contributed by atoms with Crippen molar-refractivity contribution in [1.29, 1.82) is 0 Å². The Balaban J connectivity index is 4.71. The molecular formula is C7H10O7S. The normalized spacial score (nSPS) is 12.9. The van der Waals surface area contributed by atoms with Crippen LogP contribution in [0.5, 0.6) is 0 Å². The van der Waals surface area contributed by atoms with Crippen LogP contribution in [-0.4, -0.2) is 41.9 Å². The second kappa shape index (κ2) is 5.47. The first-order valence-corrected chi connectivity index (χ1v) is 5.25. The zero-order chi connectivity index (χ0) is 12.1. The average Bonchev–Trinajstić information content (AvgIpc) is 2.08. The molecule has 0 rings (SSSR count). The van der Waals surface area contributed by atoms with Crippen molar-refractivity contribution >= 4 is 22.1 Å². The molecule has 0 saturated carbocycles. The van der Waals surface area contributed by atoms with Gasteiger partial charge in [0.2, 0.25) is 0 Å². The first kappa shape index (κ1) is 13.6. The van der Waals surface area contributed by atoms with Gasteiger partial charge in [-0.15, -0.1) is 0 Å². The Labute approximate surface area is 86.1 Å². The fourth-order valence-corrected chi connectivity index (χ4v) is 1.37. The summed E-state index contributed by atoms with van der Waals surface area (Å²) >= 11 is 0.